The van der Waals surface area contributed by atoms with Crippen LogP contribution in [0.5, 0.6) is 0 Å². The van der Waals surface area contributed by atoms with Crippen molar-refractivity contribution < 1.29 is 5.32 Å². The zero-order valence-electron chi connectivity index (χ0n) is 17.3. The predicted molar refractivity (Wildman–Crippen MR) is 119 cm³/mol. The van der Waals surface area contributed by atoms with Gasteiger partial charge < -0.3 is 9.88 Å². The monoisotopic (exact) mass is 387 g/mol. The number of quaternary nitrogens is 1. The molecule has 1 saturated carbocycles. The molecule has 0 radical (unpaired) electrons. The lowest BCUT2D eigenvalue weighted by molar-refractivity contribution is -0.692. The lowest BCUT2D eigenvalue weighted by Crippen LogP contribution is -2.90. The van der Waals surface area contributed by atoms with Gasteiger partial charge in [0, 0.05) is 6.20 Å². The van der Waals surface area contributed by atoms with Gasteiger partial charge in [0.2, 0.25) is 5.78 Å². The Morgan fingerprint density at radius 3 is 2.59 bits per heavy atom. The van der Waals surface area contributed by atoms with Gasteiger partial charge in [0.05, 0.1) is 35.9 Å². The van der Waals surface area contributed by atoms with Crippen LogP contribution in [-0.2, 0) is 13.0 Å². The van der Waals surface area contributed by atoms with Gasteiger partial charge in [-0.05, 0) is 55.4 Å². The number of fused-ring (bicyclic) bond motifs is 3. The van der Waals surface area contributed by atoms with E-state index in [0.717, 1.165) is 36.8 Å². The molecule has 0 bridgehead atoms. The number of para-hydroxylation sites is 2. The van der Waals surface area contributed by atoms with Crippen molar-refractivity contribution in [3.63, 3.8) is 0 Å². The lowest BCUT2D eigenvalue weighted by Gasteiger charge is -2.20. The topological polar surface area (TPSA) is 38.8 Å². The molecular weight excluding hydrogens is 356 g/mol. The van der Waals surface area contributed by atoms with Crippen LogP contribution in [0.3, 0.4) is 0 Å². The molecule has 0 spiro atoms. The van der Waals surface area contributed by atoms with Crippen LogP contribution >= 0.6 is 0 Å². The van der Waals surface area contributed by atoms with Crippen LogP contribution < -0.4 is 5.32 Å². The molecule has 2 heterocycles. The standard InChI is InChI=1S/C25H30N4/c1-2-19-12-14-20(15-13-19)24-18-29-23-11-7-6-10-22(23)27-25(29)28(24)17-16-26-21-8-4-3-5-9-21/h6-7,10-15,18,21,26H,2-5,8-9,16-17H2,1H3/p+1. The molecule has 5 rings (SSSR count). The molecule has 0 saturated heterocycles. The van der Waals surface area contributed by atoms with Gasteiger partial charge >= 0.3 is 0 Å². The van der Waals surface area contributed by atoms with E-state index in [2.05, 4.69) is 75.9 Å². The highest BCUT2D eigenvalue weighted by Crippen LogP contribution is 2.27. The Bertz CT molecular complexity index is 1100. The van der Waals surface area contributed by atoms with E-state index in [1.54, 1.807) is 0 Å². The normalized spacial score (nSPS) is 15.5. The lowest BCUT2D eigenvalue weighted by atomic mass is 9.95. The Hall–Kier alpha value is -2.59. The van der Waals surface area contributed by atoms with Crippen molar-refractivity contribution in [2.45, 2.75) is 58.0 Å². The molecular formula is C25H31N4+. The number of imidazole rings is 2. The fraction of sp³-hybridized carbons (Fsp3) is 0.400. The fourth-order valence-electron chi connectivity index (χ4n) is 4.82. The van der Waals surface area contributed by atoms with E-state index in [9.17, 15) is 0 Å². The molecule has 0 aliphatic heterocycles. The van der Waals surface area contributed by atoms with Crippen LogP contribution in [0, 0.1) is 0 Å². The van der Waals surface area contributed by atoms with E-state index < -0.39 is 0 Å². The van der Waals surface area contributed by atoms with Crippen molar-refractivity contribution in [2.75, 3.05) is 6.54 Å². The number of aromatic nitrogens is 3. The van der Waals surface area contributed by atoms with E-state index >= 15 is 0 Å². The maximum absolute atomic E-state index is 4.97. The third kappa shape index (κ3) is 3.58. The summed E-state index contributed by atoms with van der Waals surface area (Å²) in [5, 5.41) is 2.57. The third-order valence-corrected chi connectivity index (χ3v) is 6.52. The van der Waals surface area contributed by atoms with E-state index in [4.69, 9.17) is 4.98 Å². The van der Waals surface area contributed by atoms with Gasteiger partial charge in [0.25, 0.3) is 0 Å². The second-order valence-electron chi connectivity index (χ2n) is 8.41. The molecule has 4 heteroatoms. The van der Waals surface area contributed by atoms with Gasteiger partial charge in [-0.2, -0.15) is 0 Å². The first-order chi connectivity index (χ1) is 14.3. The first kappa shape index (κ1) is 18.4. The molecule has 0 amide bonds. The van der Waals surface area contributed by atoms with Gasteiger partial charge in [-0.25, -0.2) is 4.98 Å². The number of aryl methyl sites for hydroxylation is 1. The molecule has 2 aromatic carbocycles. The summed E-state index contributed by atoms with van der Waals surface area (Å²) in [6.45, 7) is 4.30. The summed E-state index contributed by atoms with van der Waals surface area (Å²) in [5.74, 6) is 1.05. The van der Waals surface area contributed by atoms with Gasteiger partial charge in [0.1, 0.15) is 0 Å². The van der Waals surface area contributed by atoms with Crippen LogP contribution in [0.4, 0.5) is 0 Å². The molecule has 2 aromatic heterocycles. The van der Waals surface area contributed by atoms with Crippen LogP contribution in [0.25, 0.3) is 28.1 Å². The van der Waals surface area contributed by atoms with E-state index in [1.807, 2.05) is 0 Å². The summed E-state index contributed by atoms with van der Waals surface area (Å²) in [6, 6.07) is 18.3. The average molecular weight is 388 g/mol. The number of benzene rings is 2. The minimum atomic E-state index is 0.807. The summed E-state index contributed by atoms with van der Waals surface area (Å²) < 4.78 is 4.68. The molecule has 1 aliphatic carbocycles. The molecule has 150 valence electrons. The van der Waals surface area contributed by atoms with Gasteiger partial charge in [0.15, 0.2) is 0 Å². The second kappa shape index (κ2) is 8.03. The molecule has 0 atom stereocenters. The maximum Gasteiger partial charge on any atom is 0.215 e. The smallest absolute Gasteiger partial charge is 0.215 e. The predicted octanol–water partition coefficient (Wildman–Crippen LogP) is 4.41. The van der Waals surface area contributed by atoms with E-state index in [1.165, 1.54) is 54.4 Å². The quantitative estimate of drug-likeness (QED) is 0.523. The Balaban J connectivity index is 1.50. The minimum Gasteiger partial charge on any atom is -0.342 e. The molecule has 4 aromatic rings. The minimum absolute atomic E-state index is 0.807. The molecule has 1 fully saturated rings. The Morgan fingerprint density at radius 2 is 1.79 bits per heavy atom. The van der Waals surface area contributed by atoms with Crippen LogP contribution in [0.1, 0.15) is 44.6 Å². The van der Waals surface area contributed by atoms with E-state index in [-0.39, 0.29) is 0 Å². The summed E-state index contributed by atoms with van der Waals surface area (Å²) in [5.41, 5.74) is 6.17. The molecule has 29 heavy (non-hydrogen) atoms. The third-order valence-electron chi connectivity index (χ3n) is 6.52. The summed E-state index contributed by atoms with van der Waals surface area (Å²) in [7, 11) is 0. The molecule has 0 unspecified atom stereocenters. The van der Waals surface area contributed by atoms with Gasteiger partial charge in [-0.3, -0.25) is 4.40 Å². The van der Waals surface area contributed by atoms with Crippen molar-refractivity contribution in [3.05, 3.63) is 60.3 Å². The number of rotatable bonds is 6. The summed E-state index contributed by atoms with van der Waals surface area (Å²) in [6.07, 6.45) is 10.3. The average Bonchev–Trinajstić information content (AvgIpc) is 3.31. The number of nitrogens with two attached hydrogens (primary N) is 1. The van der Waals surface area contributed by atoms with Gasteiger partial charge in [-0.1, -0.05) is 49.7 Å². The Morgan fingerprint density at radius 1 is 1.00 bits per heavy atom. The number of hydrogen-bond acceptors (Lipinski definition) is 1. The molecule has 1 aliphatic rings. The molecule has 2 N–H and O–H groups in total. The number of nitrogens with zero attached hydrogens (tertiary/aromatic N) is 3. The largest absolute Gasteiger partial charge is 0.342 e. The summed E-state index contributed by atoms with van der Waals surface area (Å²) >= 11 is 0. The van der Waals surface area contributed by atoms with Crippen LogP contribution in [0.15, 0.2) is 54.7 Å². The first-order valence-corrected chi connectivity index (χ1v) is 11.2. The van der Waals surface area contributed by atoms with Crippen LogP contribution in [0.2, 0.25) is 0 Å². The number of hydrogen-bond donors (Lipinski definition) is 1. The molecule has 4 nitrogen and oxygen atoms in total. The van der Waals surface area contributed by atoms with Gasteiger partial charge in [-0.15, -0.1) is 0 Å². The highest BCUT2D eigenvalue weighted by Gasteiger charge is 2.18. The highest BCUT2D eigenvalue weighted by atomic mass is 15.2. The van der Waals surface area contributed by atoms with E-state index in [0.29, 0.717) is 0 Å². The SMILES string of the molecule is CCc1ccc(-c2cn3c4ccccc4nc3n2CC[NH2+]C2CCCCC2)cc1. The fourth-order valence-corrected chi connectivity index (χ4v) is 4.82. The van der Waals surface area contributed by atoms with Crippen molar-refractivity contribution in [1.29, 1.82) is 0 Å². The Labute approximate surface area is 172 Å². The van der Waals surface area contributed by atoms with Crippen molar-refractivity contribution in [1.82, 2.24) is 14.0 Å². The second-order valence-corrected chi connectivity index (χ2v) is 8.41. The van der Waals surface area contributed by atoms with Crippen molar-refractivity contribution >= 4 is 16.8 Å². The Kier molecular flexibility index (Phi) is 5.11. The first-order valence-electron chi connectivity index (χ1n) is 11.2. The highest BCUT2D eigenvalue weighted by molar-refractivity contribution is 5.81. The zero-order valence-corrected chi connectivity index (χ0v) is 17.3. The van der Waals surface area contributed by atoms with Crippen molar-refractivity contribution in [3.8, 4) is 11.3 Å². The zero-order chi connectivity index (χ0) is 19.6. The summed E-state index contributed by atoms with van der Waals surface area (Å²) in [4.78, 5) is 4.97. The maximum atomic E-state index is 4.97. The van der Waals surface area contributed by atoms with Crippen LogP contribution in [-0.4, -0.2) is 26.5 Å². The van der Waals surface area contributed by atoms with Crippen molar-refractivity contribution in [2.24, 2.45) is 0 Å².